The maximum atomic E-state index is 9.80. The lowest BCUT2D eigenvalue weighted by molar-refractivity contribution is -0.146. The maximum absolute atomic E-state index is 9.80. The molecule has 52 valence electrons. The molecule has 1 atom stereocenters. The Labute approximate surface area is 51.3 Å². The van der Waals surface area contributed by atoms with Gasteiger partial charge in [-0.15, -0.1) is 0 Å². The molecule has 0 spiro atoms. The first-order valence-electron chi connectivity index (χ1n) is 2.26. The molecule has 5 heteroatoms. The summed E-state index contributed by atoms with van der Waals surface area (Å²) in [7, 11) is 0. The molecule has 1 unspecified atom stereocenters. The van der Waals surface area contributed by atoms with E-state index in [-0.39, 0.29) is 6.54 Å². The zero-order chi connectivity index (χ0) is 7.28. The van der Waals surface area contributed by atoms with Crippen molar-refractivity contribution >= 4 is 12.4 Å². The van der Waals surface area contributed by atoms with E-state index in [9.17, 15) is 9.59 Å². The second-order valence-electron chi connectivity index (χ2n) is 1.38. The Bertz CT molecular complexity index is 113. The fourth-order valence-electron chi connectivity index (χ4n) is 0.247. The molecule has 0 rings (SSSR count). The van der Waals surface area contributed by atoms with Crippen molar-refractivity contribution in [1.82, 2.24) is 5.32 Å². The van der Waals surface area contributed by atoms with Gasteiger partial charge in [-0.25, -0.2) is 4.79 Å². The molecular weight excluding hydrogens is 126 g/mol. The minimum Gasteiger partial charge on any atom is -0.479 e. The fourth-order valence-corrected chi connectivity index (χ4v) is 0.247. The minimum atomic E-state index is -1.50. The zero-order valence-electron chi connectivity index (χ0n) is 4.57. The van der Waals surface area contributed by atoms with Gasteiger partial charge in [0.15, 0.2) is 6.10 Å². The number of carbonyl (C=O) groups excluding carboxylic acids is 1. The number of amides is 1. The summed E-state index contributed by atoms with van der Waals surface area (Å²) < 4.78 is 0. The standard InChI is InChI=1S/C4H7NO4/c6-2-5-1-3(7)4(8)9/h2-3,7H,1H2,(H,5,6)(H,8,9). The average molecular weight is 133 g/mol. The number of hydrogen-bond acceptors (Lipinski definition) is 3. The van der Waals surface area contributed by atoms with Gasteiger partial charge in [-0.2, -0.15) is 0 Å². The van der Waals surface area contributed by atoms with Crippen LogP contribution in [-0.4, -0.2) is 35.2 Å². The molecule has 0 aliphatic rings. The average Bonchev–Trinajstić information content (AvgIpc) is 1.82. The third kappa shape index (κ3) is 3.48. The van der Waals surface area contributed by atoms with Crippen molar-refractivity contribution in [3.8, 4) is 0 Å². The fraction of sp³-hybridized carbons (Fsp3) is 0.500. The molecule has 1 amide bonds. The summed E-state index contributed by atoms with van der Waals surface area (Å²) in [5.41, 5.74) is 0. The number of carboxylic acid groups (broad SMARTS) is 1. The first kappa shape index (κ1) is 7.90. The SMILES string of the molecule is O=CNCC(O)C(=O)O. The third-order valence-electron chi connectivity index (χ3n) is 0.680. The summed E-state index contributed by atoms with van der Waals surface area (Å²) in [5, 5.41) is 18.5. The van der Waals surface area contributed by atoms with Gasteiger partial charge in [-0.1, -0.05) is 0 Å². The van der Waals surface area contributed by atoms with E-state index in [1.807, 2.05) is 5.32 Å². The van der Waals surface area contributed by atoms with Crippen LogP contribution in [0.1, 0.15) is 0 Å². The molecule has 9 heavy (non-hydrogen) atoms. The van der Waals surface area contributed by atoms with E-state index in [0.717, 1.165) is 0 Å². The molecule has 0 aliphatic carbocycles. The van der Waals surface area contributed by atoms with Gasteiger partial charge >= 0.3 is 5.97 Å². The highest BCUT2D eigenvalue weighted by Gasteiger charge is 2.10. The molecule has 0 aromatic heterocycles. The van der Waals surface area contributed by atoms with Crippen LogP contribution in [0.5, 0.6) is 0 Å². The van der Waals surface area contributed by atoms with Crippen molar-refractivity contribution in [2.45, 2.75) is 6.10 Å². The maximum Gasteiger partial charge on any atom is 0.334 e. The number of carbonyl (C=O) groups is 2. The molecule has 0 aromatic carbocycles. The van der Waals surface area contributed by atoms with Gasteiger partial charge in [0.2, 0.25) is 6.41 Å². The lowest BCUT2D eigenvalue weighted by Crippen LogP contribution is -2.32. The number of carboxylic acids is 1. The molecule has 0 aromatic rings. The van der Waals surface area contributed by atoms with Crippen LogP contribution in [0.4, 0.5) is 0 Å². The topological polar surface area (TPSA) is 86.6 Å². The van der Waals surface area contributed by atoms with Crippen LogP contribution in [0.2, 0.25) is 0 Å². The quantitative estimate of drug-likeness (QED) is 0.394. The van der Waals surface area contributed by atoms with E-state index < -0.39 is 12.1 Å². The monoisotopic (exact) mass is 133 g/mol. The lowest BCUT2D eigenvalue weighted by atomic mass is 10.4. The number of aliphatic hydroxyl groups excluding tert-OH is 1. The Kier molecular flexibility index (Phi) is 3.38. The Hall–Kier alpha value is -1.10. The van der Waals surface area contributed by atoms with E-state index in [2.05, 4.69) is 0 Å². The van der Waals surface area contributed by atoms with Gasteiger partial charge in [-0.05, 0) is 0 Å². The summed E-state index contributed by atoms with van der Waals surface area (Å²) in [4.78, 5) is 19.3. The number of aliphatic hydroxyl groups is 1. The Morgan fingerprint density at radius 1 is 1.78 bits per heavy atom. The van der Waals surface area contributed by atoms with Gasteiger partial charge < -0.3 is 15.5 Å². The molecule has 0 fully saturated rings. The Morgan fingerprint density at radius 3 is 2.67 bits per heavy atom. The van der Waals surface area contributed by atoms with Crippen molar-refractivity contribution in [3.05, 3.63) is 0 Å². The predicted octanol–water partition coefficient (Wildman–Crippen LogP) is -1.82. The van der Waals surface area contributed by atoms with E-state index in [1.54, 1.807) is 0 Å². The summed E-state index contributed by atoms with van der Waals surface area (Å²) >= 11 is 0. The van der Waals surface area contributed by atoms with Crippen LogP contribution in [0.3, 0.4) is 0 Å². The first-order valence-corrected chi connectivity index (χ1v) is 2.26. The molecular formula is C4H7NO4. The number of aliphatic carboxylic acids is 1. The zero-order valence-corrected chi connectivity index (χ0v) is 4.57. The van der Waals surface area contributed by atoms with Crippen molar-refractivity contribution in [3.63, 3.8) is 0 Å². The van der Waals surface area contributed by atoms with Crippen LogP contribution in [0.15, 0.2) is 0 Å². The lowest BCUT2D eigenvalue weighted by Gasteiger charge is -2.01. The second-order valence-corrected chi connectivity index (χ2v) is 1.38. The van der Waals surface area contributed by atoms with E-state index in [4.69, 9.17) is 10.2 Å². The Balaban J connectivity index is 3.37. The number of nitrogens with one attached hydrogen (secondary N) is 1. The van der Waals surface area contributed by atoms with Crippen LogP contribution in [0, 0.1) is 0 Å². The third-order valence-corrected chi connectivity index (χ3v) is 0.680. The summed E-state index contributed by atoms with van der Waals surface area (Å²) in [5.74, 6) is -1.34. The van der Waals surface area contributed by atoms with Gasteiger partial charge in [0.1, 0.15) is 0 Å². The van der Waals surface area contributed by atoms with E-state index >= 15 is 0 Å². The van der Waals surface area contributed by atoms with Crippen LogP contribution in [0.25, 0.3) is 0 Å². The molecule has 0 heterocycles. The molecule has 0 aliphatic heterocycles. The van der Waals surface area contributed by atoms with Crippen molar-refractivity contribution < 1.29 is 19.8 Å². The van der Waals surface area contributed by atoms with Crippen molar-refractivity contribution in [1.29, 1.82) is 0 Å². The van der Waals surface area contributed by atoms with Gasteiger partial charge in [0.25, 0.3) is 0 Å². The molecule has 0 saturated carbocycles. The highest BCUT2D eigenvalue weighted by Crippen LogP contribution is 1.76. The van der Waals surface area contributed by atoms with Crippen molar-refractivity contribution in [2.75, 3.05) is 6.54 Å². The molecule has 0 bridgehead atoms. The van der Waals surface area contributed by atoms with Gasteiger partial charge in [-0.3, -0.25) is 4.79 Å². The highest BCUT2D eigenvalue weighted by molar-refractivity contribution is 5.72. The Morgan fingerprint density at radius 2 is 2.33 bits per heavy atom. The van der Waals surface area contributed by atoms with E-state index in [0.29, 0.717) is 6.41 Å². The van der Waals surface area contributed by atoms with Crippen LogP contribution >= 0.6 is 0 Å². The van der Waals surface area contributed by atoms with E-state index in [1.165, 1.54) is 0 Å². The van der Waals surface area contributed by atoms with Gasteiger partial charge in [0, 0.05) is 0 Å². The van der Waals surface area contributed by atoms with Crippen LogP contribution < -0.4 is 5.32 Å². The summed E-state index contributed by atoms with van der Waals surface area (Å²) in [6.45, 7) is -0.251. The van der Waals surface area contributed by atoms with Crippen molar-refractivity contribution in [2.24, 2.45) is 0 Å². The predicted molar refractivity (Wildman–Crippen MR) is 27.7 cm³/mol. The summed E-state index contributed by atoms with van der Waals surface area (Å²) in [6, 6.07) is 0. The largest absolute Gasteiger partial charge is 0.479 e. The molecule has 0 radical (unpaired) electrons. The second kappa shape index (κ2) is 3.85. The van der Waals surface area contributed by atoms with Crippen LogP contribution in [-0.2, 0) is 9.59 Å². The molecule has 0 saturated heterocycles. The molecule has 5 nitrogen and oxygen atoms in total. The van der Waals surface area contributed by atoms with Gasteiger partial charge in [0.05, 0.1) is 6.54 Å². The molecule has 3 N–H and O–H groups in total. The smallest absolute Gasteiger partial charge is 0.334 e. The number of rotatable bonds is 4. The normalized spacial score (nSPS) is 12.1. The highest BCUT2D eigenvalue weighted by atomic mass is 16.4. The number of hydrogen-bond donors (Lipinski definition) is 3. The first-order chi connectivity index (χ1) is 4.18. The minimum absolute atomic E-state index is 0.251. The summed E-state index contributed by atoms with van der Waals surface area (Å²) in [6.07, 6.45) is -1.18.